The van der Waals surface area contributed by atoms with Crippen LogP contribution in [-0.4, -0.2) is 15.9 Å². The molecule has 0 aliphatic rings. The summed E-state index contributed by atoms with van der Waals surface area (Å²) in [5.74, 6) is -0.0803. The molecule has 2 heterocycles. The zero-order chi connectivity index (χ0) is 15.5. The molecule has 0 unspecified atom stereocenters. The lowest BCUT2D eigenvalue weighted by Crippen LogP contribution is -2.22. The number of nitrogens with one attached hydrogen (secondary N) is 1. The van der Waals surface area contributed by atoms with Gasteiger partial charge in [0.05, 0.1) is 17.2 Å². The molecule has 0 saturated heterocycles. The fraction of sp³-hybridized carbons (Fsp3) is 0.188. The molecule has 112 valence electrons. The molecule has 0 aliphatic carbocycles. The van der Waals surface area contributed by atoms with E-state index in [1.54, 1.807) is 17.5 Å². The van der Waals surface area contributed by atoms with Crippen molar-refractivity contribution in [1.82, 2.24) is 15.3 Å². The zero-order valence-corrected chi connectivity index (χ0v) is 13.9. The summed E-state index contributed by atoms with van der Waals surface area (Å²) in [6, 6.07) is 9.91. The first-order valence-corrected chi connectivity index (χ1v) is 8.49. The number of aromatic nitrogens is 2. The Hall–Kier alpha value is -2.05. The first-order chi connectivity index (χ1) is 10.6. The molecule has 1 N–H and O–H groups in total. The topological polar surface area (TPSA) is 54.9 Å². The largest absolute Gasteiger partial charge is 0.346 e. The van der Waals surface area contributed by atoms with E-state index >= 15 is 0 Å². The minimum atomic E-state index is -0.0803. The number of hydrogen-bond acceptors (Lipinski definition) is 5. The number of rotatable bonds is 4. The number of hydrogen-bond donors (Lipinski definition) is 1. The number of nitrogens with zero attached hydrogens (tertiary/aromatic N) is 2. The predicted molar refractivity (Wildman–Crippen MR) is 90.3 cm³/mol. The molecule has 6 heteroatoms. The minimum Gasteiger partial charge on any atom is -0.346 e. The number of carbonyl (C=O) groups is 1. The SMILES string of the molecule is Cc1ncc(CNC(=O)c2sc(-c3ccccc3)nc2C)s1. The van der Waals surface area contributed by atoms with Gasteiger partial charge < -0.3 is 5.32 Å². The highest BCUT2D eigenvalue weighted by atomic mass is 32.1. The van der Waals surface area contributed by atoms with E-state index in [2.05, 4.69) is 15.3 Å². The van der Waals surface area contributed by atoms with Crippen molar-refractivity contribution in [3.63, 3.8) is 0 Å². The standard InChI is InChI=1S/C16H15N3OS2/c1-10-14(15(20)18-9-13-8-17-11(2)21-13)22-16(19-10)12-6-4-3-5-7-12/h3-8H,9H2,1-2H3,(H,18,20). The van der Waals surface area contributed by atoms with Crippen molar-refractivity contribution in [2.45, 2.75) is 20.4 Å². The number of carbonyl (C=O) groups excluding carboxylic acids is 1. The van der Waals surface area contributed by atoms with Gasteiger partial charge in [0.2, 0.25) is 0 Å². The summed E-state index contributed by atoms with van der Waals surface area (Å²) >= 11 is 3.02. The Balaban J connectivity index is 1.74. The van der Waals surface area contributed by atoms with Crippen LogP contribution < -0.4 is 5.32 Å². The molecule has 3 aromatic rings. The van der Waals surface area contributed by atoms with Gasteiger partial charge in [0, 0.05) is 16.6 Å². The van der Waals surface area contributed by atoms with Crippen molar-refractivity contribution in [3.05, 3.63) is 57.0 Å². The van der Waals surface area contributed by atoms with Gasteiger partial charge in [0.15, 0.2) is 0 Å². The summed E-state index contributed by atoms with van der Waals surface area (Å²) in [5.41, 5.74) is 1.80. The van der Waals surface area contributed by atoms with Gasteiger partial charge in [0.25, 0.3) is 5.91 Å². The Bertz CT molecular complexity index is 793. The third kappa shape index (κ3) is 3.23. The molecule has 4 nitrogen and oxygen atoms in total. The summed E-state index contributed by atoms with van der Waals surface area (Å²) in [4.78, 5) is 22.7. The van der Waals surface area contributed by atoms with Crippen molar-refractivity contribution in [3.8, 4) is 10.6 Å². The first-order valence-electron chi connectivity index (χ1n) is 6.86. The molecule has 0 atom stereocenters. The van der Waals surface area contributed by atoms with Gasteiger partial charge in [-0.1, -0.05) is 30.3 Å². The number of aryl methyl sites for hydroxylation is 2. The van der Waals surface area contributed by atoms with Crippen LogP contribution in [0.25, 0.3) is 10.6 Å². The van der Waals surface area contributed by atoms with Crippen LogP contribution >= 0.6 is 22.7 Å². The Morgan fingerprint density at radius 2 is 1.95 bits per heavy atom. The molecule has 0 aliphatic heterocycles. The summed E-state index contributed by atoms with van der Waals surface area (Å²) < 4.78 is 0. The molecule has 0 bridgehead atoms. The van der Waals surface area contributed by atoms with Crippen LogP contribution in [0.3, 0.4) is 0 Å². The van der Waals surface area contributed by atoms with Crippen molar-refractivity contribution < 1.29 is 4.79 Å². The number of thiazole rings is 2. The average molecular weight is 329 g/mol. The van der Waals surface area contributed by atoms with E-state index in [9.17, 15) is 4.79 Å². The molecule has 0 radical (unpaired) electrons. The van der Waals surface area contributed by atoms with Crippen LogP contribution in [0.5, 0.6) is 0 Å². The smallest absolute Gasteiger partial charge is 0.263 e. The summed E-state index contributed by atoms with van der Waals surface area (Å²) in [6.07, 6.45) is 1.80. The molecule has 22 heavy (non-hydrogen) atoms. The van der Waals surface area contributed by atoms with Crippen LogP contribution in [0.15, 0.2) is 36.5 Å². The Morgan fingerprint density at radius 3 is 2.64 bits per heavy atom. The zero-order valence-electron chi connectivity index (χ0n) is 12.3. The van der Waals surface area contributed by atoms with E-state index in [0.717, 1.165) is 26.1 Å². The summed E-state index contributed by atoms with van der Waals surface area (Å²) in [6.45, 7) is 4.33. The summed E-state index contributed by atoms with van der Waals surface area (Å²) in [7, 11) is 0. The average Bonchev–Trinajstić information content (AvgIpc) is 3.12. The van der Waals surface area contributed by atoms with E-state index in [1.807, 2.05) is 44.2 Å². The van der Waals surface area contributed by atoms with Crippen molar-refractivity contribution in [2.24, 2.45) is 0 Å². The third-order valence-electron chi connectivity index (χ3n) is 3.12. The van der Waals surface area contributed by atoms with E-state index in [4.69, 9.17) is 0 Å². The highest BCUT2D eigenvalue weighted by Crippen LogP contribution is 2.27. The highest BCUT2D eigenvalue weighted by molar-refractivity contribution is 7.17. The summed E-state index contributed by atoms with van der Waals surface area (Å²) in [5, 5.41) is 4.81. The van der Waals surface area contributed by atoms with Gasteiger partial charge in [-0.05, 0) is 13.8 Å². The second kappa shape index (κ2) is 6.37. The molecule has 0 spiro atoms. The molecule has 1 amide bonds. The second-order valence-electron chi connectivity index (χ2n) is 4.83. The van der Waals surface area contributed by atoms with Gasteiger partial charge >= 0.3 is 0 Å². The lowest BCUT2D eigenvalue weighted by atomic mass is 10.2. The van der Waals surface area contributed by atoms with E-state index in [1.165, 1.54) is 11.3 Å². The van der Waals surface area contributed by atoms with Gasteiger partial charge in [0.1, 0.15) is 9.88 Å². The molecule has 0 saturated carbocycles. The van der Waals surface area contributed by atoms with Crippen LogP contribution in [0.1, 0.15) is 25.3 Å². The predicted octanol–water partition coefficient (Wildman–Crippen LogP) is 3.81. The van der Waals surface area contributed by atoms with E-state index in [0.29, 0.717) is 11.4 Å². The Kier molecular flexibility index (Phi) is 4.31. The maximum Gasteiger partial charge on any atom is 0.263 e. The van der Waals surface area contributed by atoms with E-state index < -0.39 is 0 Å². The van der Waals surface area contributed by atoms with Crippen LogP contribution in [0, 0.1) is 13.8 Å². The van der Waals surface area contributed by atoms with Crippen LogP contribution in [0.2, 0.25) is 0 Å². The van der Waals surface area contributed by atoms with Gasteiger partial charge in [-0.25, -0.2) is 9.97 Å². The van der Waals surface area contributed by atoms with Crippen molar-refractivity contribution in [1.29, 1.82) is 0 Å². The number of benzene rings is 1. The quantitative estimate of drug-likeness (QED) is 0.792. The maximum atomic E-state index is 12.3. The van der Waals surface area contributed by atoms with Crippen molar-refractivity contribution >= 4 is 28.6 Å². The fourth-order valence-corrected chi connectivity index (χ4v) is 3.77. The second-order valence-corrected chi connectivity index (χ2v) is 7.15. The molecule has 3 rings (SSSR count). The van der Waals surface area contributed by atoms with Crippen LogP contribution in [0.4, 0.5) is 0 Å². The van der Waals surface area contributed by atoms with Gasteiger partial charge in [-0.3, -0.25) is 4.79 Å². The van der Waals surface area contributed by atoms with Crippen molar-refractivity contribution in [2.75, 3.05) is 0 Å². The molecule has 1 aromatic carbocycles. The van der Waals surface area contributed by atoms with Crippen LogP contribution in [-0.2, 0) is 6.54 Å². The molecule has 0 fully saturated rings. The Labute approximate surface area is 136 Å². The lowest BCUT2D eigenvalue weighted by Gasteiger charge is -2.01. The van der Waals surface area contributed by atoms with Gasteiger partial charge in [-0.2, -0.15) is 0 Å². The minimum absolute atomic E-state index is 0.0803. The lowest BCUT2D eigenvalue weighted by molar-refractivity contribution is 0.0954. The first kappa shape index (κ1) is 14.9. The molecular formula is C16H15N3OS2. The fourth-order valence-electron chi connectivity index (χ4n) is 2.05. The number of amides is 1. The van der Waals surface area contributed by atoms with E-state index in [-0.39, 0.29) is 5.91 Å². The maximum absolute atomic E-state index is 12.3. The third-order valence-corrected chi connectivity index (χ3v) is 5.23. The van der Waals surface area contributed by atoms with Gasteiger partial charge in [-0.15, -0.1) is 22.7 Å². The normalized spacial score (nSPS) is 10.6. The highest BCUT2D eigenvalue weighted by Gasteiger charge is 2.16. The molecular weight excluding hydrogens is 314 g/mol. The monoisotopic (exact) mass is 329 g/mol. The molecule has 2 aromatic heterocycles. The Morgan fingerprint density at radius 1 is 1.18 bits per heavy atom.